The van der Waals surface area contributed by atoms with E-state index in [2.05, 4.69) is 0 Å². The molecule has 1 fully saturated rings. The molecule has 1 aromatic rings. The Bertz CT molecular complexity index is 438. The van der Waals surface area contributed by atoms with Crippen LogP contribution in [0.25, 0.3) is 0 Å². The Morgan fingerprint density at radius 3 is 2.47 bits per heavy atom. The molecular formula is C12H13NO4. The van der Waals surface area contributed by atoms with Gasteiger partial charge in [0.2, 0.25) is 0 Å². The van der Waals surface area contributed by atoms with E-state index in [0.717, 1.165) is 12.8 Å². The summed E-state index contributed by atoms with van der Waals surface area (Å²) in [6.45, 7) is 1.01. The Balaban J connectivity index is 2.26. The maximum absolute atomic E-state index is 12.1. The number of carboxylic acid groups (broad SMARTS) is 1. The summed E-state index contributed by atoms with van der Waals surface area (Å²) in [6, 6.07) is 6.16. The fourth-order valence-electron chi connectivity index (χ4n) is 1.75. The number of carbonyl (C=O) groups is 2. The van der Waals surface area contributed by atoms with E-state index in [4.69, 9.17) is 9.94 Å². The SMILES string of the molecule is O=C(O)c1ccccc1C(=O)N1CCCCO1. The van der Waals surface area contributed by atoms with Gasteiger partial charge >= 0.3 is 5.97 Å². The molecule has 1 heterocycles. The van der Waals surface area contributed by atoms with Gasteiger partial charge in [-0.2, -0.15) is 0 Å². The van der Waals surface area contributed by atoms with Crippen molar-refractivity contribution in [2.75, 3.05) is 13.2 Å². The molecule has 2 rings (SSSR count). The van der Waals surface area contributed by atoms with Crippen molar-refractivity contribution in [1.29, 1.82) is 0 Å². The summed E-state index contributed by atoms with van der Waals surface area (Å²) < 4.78 is 0. The van der Waals surface area contributed by atoms with Gasteiger partial charge in [0.05, 0.1) is 17.7 Å². The van der Waals surface area contributed by atoms with E-state index >= 15 is 0 Å². The number of carbonyl (C=O) groups excluding carboxylic acids is 1. The first-order valence-electron chi connectivity index (χ1n) is 5.47. The second-order valence-electron chi connectivity index (χ2n) is 3.80. The van der Waals surface area contributed by atoms with Crippen molar-refractivity contribution in [1.82, 2.24) is 5.06 Å². The first-order valence-corrected chi connectivity index (χ1v) is 5.47. The number of carboxylic acids is 1. The third-order valence-electron chi connectivity index (χ3n) is 2.62. The lowest BCUT2D eigenvalue weighted by Crippen LogP contribution is -2.36. The van der Waals surface area contributed by atoms with Crippen molar-refractivity contribution in [3.05, 3.63) is 35.4 Å². The minimum atomic E-state index is -1.11. The van der Waals surface area contributed by atoms with Crippen molar-refractivity contribution < 1.29 is 19.5 Å². The van der Waals surface area contributed by atoms with Gasteiger partial charge < -0.3 is 5.11 Å². The molecule has 1 aliphatic heterocycles. The van der Waals surface area contributed by atoms with Crippen molar-refractivity contribution in [2.45, 2.75) is 12.8 Å². The lowest BCUT2D eigenvalue weighted by atomic mass is 10.1. The quantitative estimate of drug-likeness (QED) is 0.844. The van der Waals surface area contributed by atoms with E-state index in [1.165, 1.54) is 17.2 Å². The average Bonchev–Trinajstić information content (AvgIpc) is 2.39. The molecule has 0 radical (unpaired) electrons. The van der Waals surface area contributed by atoms with Gasteiger partial charge in [-0.25, -0.2) is 9.86 Å². The summed E-state index contributed by atoms with van der Waals surface area (Å²) in [5.74, 6) is -1.49. The van der Waals surface area contributed by atoms with Crippen molar-refractivity contribution in [3.8, 4) is 0 Å². The number of benzene rings is 1. The van der Waals surface area contributed by atoms with Gasteiger partial charge in [-0.1, -0.05) is 12.1 Å². The molecule has 5 nitrogen and oxygen atoms in total. The second-order valence-corrected chi connectivity index (χ2v) is 3.80. The van der Waals surface area contributed by atoms with E-state index in [1.54, 1.807) is 12.1 Å². The number of hydrogen-bond donors (Lipinski definition) is 1. The Kier molecular flexibility index (Phi) is 3.39. The molecule has 0 aliphatic carbocycles. The van der Waals surface area contributed by atoms with Crippen molar-refractivity contribution >= 4 is 11.9 Å². The minimum Gasteiger partial charge on any atom is -0.478 e. The van der Waals surface area contributed by atoms with Crippen LogP contribution in [0.3, 0.4) is 0 Å². The second kappa shape index (κ2) is 4.97. The van der Waals surface area contributed by atoms with Gasteiger partial charge in [0.1, 0.15) is 0 Å². The van der Waals surface area contributed by atoms with Crippen LogP contribution in [-0.2, 0) is 4.84 Å². The molecule has 1 N–H and O–H groups in total. The van der Waals surface area contributed by atoms with Gasteiger partial charge in [-0.3, -0.25) is 9.63 Å². The van der Waals surface area contributed by atoms with Gasteiger partial charge in [0, 0.05) is 6.54 Å². The van der Waals surface area contributed by atoms with Crippen LogP contribution in [0, 0.1) is 0 Å². The smallest absolute Gasteiger partial charge is 0.336 e. The average molecular weight is 235 g/mol. The maximum atomic E-state index is 12.1. The minimum absolute atomic E-state index is 0.00618. The molecule has 0 atom stereocenters. The largest absolute Gasteiger partial charge is 0.478 e. The van der Waals surface area contributed by atoms with Crippen LogP contribution in [0.5, 0.6) is 0 Å². The summed E-state index contributed by atoms with van der Waals surface area (Å²) in [5, 5.41) is 10.2. The molecular weight excluding hydrogens is 222 g/mol. The molecule has 0 spiro atoms. The highest BCUT2D eigenvalue weighted by Crippen LogP contribution is 2.15. The molecule has 0 aromatic heterocycles. The Labute approximate surface area is 98.6 Å². The standard InChI is InChI=1S/C12H13NO4/c14-11(13-7-3-4-8-17-13)9-5-1-2-6-10(9)12(15)16/h1-2,5-6H,3-4,7-8H2,(H,15,16). The van der Waals surface area contributed by atoms with Crippen molar-refractivity contribution in [3.63, 3.8) is 0 Å². The molecule has 5 heteroatoms. The molecule has 1 amide bonds. The van der Waals surface area contributed by atoms with E-state index in [1.807, 2.05) is 0 Å². The van der Waals surface area contributed by atoms with Crippen molar-refractivity contribution in [2.24, 2.45) is 0 Å². The highest BCUT2D eigenvalue weighted by atomic mass is 16.7. The van der Waals surface area contributed by atoms with Crippen LogP contribution in [0.2, 0.25) is 0 Å². The van der Waals surface area contributed by atoms with Gasteiger partial charge in [-0.15, -0.1) is 0 Å². The molecule has 0 bridgehead atoms. The number of hydrogen-bond acceptors (Lipinski definition) is 3. The maximum Gasteiger partial charge on any atom is 0.336 e. The molecule has 1 aromatic carbocycles. The summed E-state index contributed by atoms with van der Waals surface area (Å²) in [4.78, 5) is 28.3. The number of nitrogens with zero attached hydrogens (tertiary/aromatic N) is 1. The van der Waals surface area contributed by atoms with Crippen LogP contribution in [0.4, 0.5) is 0 Å². The van der Waals surface area contributed by atoms with Gasteiger partial charge in [-0.05, 0) is 25.0 Å². The zero-order valence-electron chi connectivity index (χ0n) is 9.26. The number of rotatable bonds is 2. The summed E-state index contributed by atoms with van der Waals surface area (Å²) in [5.41, 5.74) is 0.175. The Hall–Kier alpha value is -1.88. The fraction of sp³-hybridized carbons (Fsp3) is 0.333. The zero-order valence-corrected chi connectivity index (χ0v) is 9.26. The van der Waals surface area contributed by atoms with Crippen LogP contribution >= 0.6 is 0 Å². The molecule has 1 saturated heterocycles. The first-order chi connectivity index (χ1) is 8.20. The summed E-state index contributed by atoms with van der Waals surface area (Å²) in [7, 11) is 0. The molecule has 17 heavy (non-hydrogen) atoms. The van der Waals surface area contributed by atoms with E-state index < -0.39 is 5.97 Å². The predicted molar refractivity (Wildman–Crippen MR) is 59.6 cm³/mol. The van der Waals surface area contributed by atoms with Gasteiger partial charge in [0.15, 0.2) is 0 Å². The zero-order chi connectivity index (χ0) is 12.3. The highest BCUT2D eigenvalue weighted by Gasteiger charge is 2.23. The highest BCUT2D eigenvalue weighted by molar-refractivity contribution is 6.04. The number of amides is 1. The van der Waals surface area contributed by atoms with E-state index in [0.29, 0.717) is 13.2 Å². The fourth-order valence-corrected chi connectivity index (χ4v) is 1.75. The number of aromatic carboxylic acids is 1. The van der Waals surface area contributed by atoms with Crippen LogP contribution in [0.1, 0.15) is 33.6 Å². The summed E-state index contributed by atoms with van der Waals surface area (Å²) in [6.07, 6.45) is 1.80. The van der Waals surface area contributed by atoms with Gasteiger partial charge in [0.25, 0.3) is 5.91 Å². The predicted octanol–water partition coefficient (Wildman–Crippen LogP) is 1.55. The number of hydroxylamine groups is 2. The molecule has 1 aliphatic rings. The lowest BCUT2D eigenvalue weighted by molar-refractivity contribution is -0.144. The van der Waals surface area contributed by atoms with E-state index in [-0.39, 0.29) is 17.0 Å². The molecule has 0 saturated carbocycles. The molecule has 90 valence electrons. The normalized spacial score (nSPS) is 15.6. The summed E-state index contributed by atoms with van der Waals surface area (Å²) >= 11 is 0. The molecule has 0 unspecified atom stereocenters. The van der Waals surface area contributed by atoms with Crippen LogP contribution < -0.4 is 0 Å². The van der Waals surface area contributed by atoms with E-state index in [9.17, 15) is 9.59 Å². The monoisotopic (exact) mass is 235 g/mol. The first kappa shape index (κ1) is 11.6. The Morgan fingerprint density at radius 1 is 1.18 bits per heavy atom. The Morgan fingerprint density at radius 2 is 1.88 bits per heavy atom. The third kappa shape index (κ3) is 2.45. The van der Waals surface area contributed by atoms with Crippen LogP contribution in [0.15, 0.2) is 24.3 Å². The third-order valence-corrected chi connectivity index (χ3v) is 2.62. The lowest BCUT2D eigenvalue weighted by Gasteiger charge is -2.26. The topological polar surface area (TPSA) is 66.8 Å². The van der Waals surface area contributed by atoms with Crippen LogP contribution in [-0.4, -0.2) is 35.2 Å².